The normalized spacial score (nSPS) is 11.7. The van der Waals surface area contributed by atoms with Crippen LogP contribution in [0.3, 0.4) is 0 Å². The highest BCUT2D eigenvalue weighted by molar-refractivity contribution is 7.92. The van der Waals surface area contributed by atoms with Crippen LogP contribution in [0.5, 0.6) is 5.75 Å². The fourth-order valence-electron chi connectivity index (χ4n) is 2.20. The third kappa shape index (κ3) is 5.74. The van der Waals surface area contributed by atoms with Crippen molar-refractivity contribution in [2.75, 3.05) is 10.5 Å². The molecule has 0 amide bonds. The summed E-state index contributed by atoms with van der Waals surface area (Å²) in [6, 6.07) is 13.8. The molecule has 0 radical (unpaired) electrons. The molecule has 138 valence electrons. The molecule has 0 aliphatic rings. The molecule has 1 N–H and O–H groups in total. The second kappa shape index (κ2) is 8.67. The molecule has 0 saturated carbocycles. The van der Waals surface area contributed by atoms with E-state index >= 15 is 0 Å². The first-order valence-corrected chi connectivity index (χ1v) is 10.0. The lowest BCUT2D eigenvalue weighted by Crippen LogP contribution is -2.14. The van der Waals surface area contributed by atoms with Crippen LogP contribution in [0, 0.1) is 0 Å². The van der Waals surface area contributed by atoms with Crippen molar-refractivity contribution in [2.24, 2.45) is 0 Å². The van der Waals surface area contributed by atoms with Gasteiger partial charge in [0, 0.05) is 16.8 Å². The van der Waals surface area contributed by atoms with Crippen LogP contribution in [0.25, 0.3) is 6.08 Å². The third-order valence-corrected chi connectivity index (χ3v) is 4.83. The summed E-state index contributed by atoms with van der Waals surface area (Å²) in [5, 5.41) is 0. The van der Waals surface area contributed by atoms with Crippen molar-refractivity contribution in [3.63, 3.8) is 0 Å². The van der Waals surface area contributed by atoms with E-state index in [1.54, 1.807) is 37.3 Å². The maximum atomic E-state index is 12.3. The van der Waals surface area contributed by atoms with Gasteiger partial charge in [-0.05, 0) is 63.3 Å². The van der Waals surface area contributed by atoms with Gasteiger partial charge in [-0.3, -0.25) is 9.52 Å². The number of ether oxygens (including phenoxy) is 1. The molecule has 0 aliphatic carbocycles. The zero-order valence-corrected chi connectivity index (χ0v) is 15.9. The molecule has 2 aromatic rings. The zero-order valence-electron chi connectivity index (χ0n) is 15.1. The topological polar surface area (TPSA) is 72.5 Å². The minimum atomic E-state index is -3.33. The molecular weight excluding hydrogens is 350 g/mol. The van der Waals surface area contributed by atoms with Gasteiger partial charge >= 0.3 is 0 Å². The summed E-state index contributed by atoms with van der Waals surface area (Å²) in [6.45, 7) is 5.45. The summed E-state index contributed by atoms with van der Waals surface area (Å²) in [7, 11) is -3.33. The Balaban J connectivity index is 2.12. The summed E-state index contributed by atoms with van der Waals surface area (Å²) in [5.41, 5.74) is 1.73. The van der Waals surface area contributed by atoms with Crippen LogP contribution in [-0.4, -0.2) is 26.1 Å². The van der Waals surface area contributed by atoms with Gasteiger partial charge in [-0.15, -0.1) is 0 Å². The smallest absolute Gasteiger partial charge is 0.232 e. The molecule has 2 rings (SSSR count). The minimum absolute atomic E-state index is 0.00568. The lowest BCUT2D eigenvalue weighted by molar-refractivity contribution is 0.104. The highest BCUT2D eigenvalue weighted by Crippen LogP contribution is 2.21. The molecule has 5 nitrogen and oxygen atoms in total. The van der Waals surface area contributed by atoms with Gasteiger partial charge in [0.05, 0.1) is 11.9 Å². The number of hydrogen-bond acceptors (Lipinski definition) is 4. The van der Waals surface area contributed by atoms with E-state index in [2.05, 4.69) is 4.72 Å². The number of carbonyl (C=O) groups excluding carboxylic acids is 1. The number of nitrogens with one attached hydrogen (secondary N) is 1. The van der Waals surface area contributed by atoms with Crippen LogP contribution in [0.4, 0.5) is 5.69 Å². The van der Waals surface area contributed by atoms with Crippen molar-refractivity contribution in [3.8, 4) is 5.75 Å². The van der Waals surface area contributed by atoms with E-state index in [0.717, 1.165) is 11.3 Å². The Morgan fingerprint density at radius 2 is 1.77 bits per heavy atom. The minimum Gasteiger partial charge on any atom is -0.490 e. The Labute approximate surface area is 154 Å². The molecule has 0 atom stereocenters. The summed E-state index contributed by atoms with van der Waals surface area (Å²) >= 11 is 0. The van der Waals surface area contributed by atoms with Gasteiger partial charge in [-0.1, -0.05) is 18.2 Å². The van der Waals surface area contributed by atoms with E-state index in [1.807, 2.05) is 38.1 Å². The second-order valence-electron chi connectivity index (χ2n) is 5.98. The Hall–Kier alpha value is -2.60. The van der Waals surface area contributed by atoms with Crippen molar-refractivity contribution in [1.29, 1.82) is 0 Å². The number of hydrogen-bond donors (Lipinski definition) is 1. The highest BCUT2D eigenvalue weighted by atomic mass is 32.2. The van der Waals surface area contributed by atoms with E-state index in [9.17, 15) is 13.2 Å². The Morgan fingerprint density at radius 3 is 2.38 bits per heavy atom. The fourth-order valence-corrected chi connectivity index (χ4v) is 2.83. The number of carbonyl (C=O) groups is 1. The monoisotopic (exact) mass is 373 g/mol. The van der Waals surface area contributed by atoms with E-state index in [1.165, 1.54) is 6.08 Å². The number of anilines is 1. The van der Waals surface area contributed by atoms with Gasteiger partial charge in [-0.25, -0.2) is 8.42 Å². The predicted octanol–water partition coefficient (Wildman–Crippen LogP) is 4.13. The van der Waals surface area contributed by atoms with Crippen LogP contribution in [0.2, 0.25) is 0 Å². The third-order valence-electron chi connectivity index (χ3n) is 3.52. The number of sulfonamides is 1. The van der Waals surface area contributed by atoms with E-state index < -0.39 is 10.0 Å². The van der Waals surface area contributed by atoms with Gasteiger partial charge in [0.25, 0.3) is 0 Å². The predicted molar refractivity (Wildman–Crippen MR) is 105 cm³/mol. The Bertz CT molecular complexity index is 884. The van der Waals surface area contributed by atoms with Crippen LogP contribution in [0.15, 0.2) is 54.6 Å². The summed E-state index contributed by atoms with van der Waals surface area (Å²) in [4.78, 5) is 12.3. The van der Waals surface area contributed by atoms with E-state index in [0.29, 0.717) is 11.3 Å². The first kappa shape index (κ1) is 19.7. The number of allylic oxidation sites excluding steroid dienone is 1. The van der Waals surface area contributed by atoms with Gasteiger partial charge in [0.15, 0.2) is 5.78 Å². The first-order valence-electron chi connectivity index (χ1n) is 8.39. The Morgan fingerprint density at radius 1 is 1.12 bits per heavy atom. The first-order chi connectivity index (χ1) is 12.3. The van der Waals surface area contributed by atoms with Crippen molar-refractivity contribution in [3.05, 3.63) is 65.7 Å². The molecule has 0 aliphatic heterocycles. The maximum Gasteiger partial charge on any atom is 0.232 e. The standard InChI is InChI=1S/C20H23NO4S/c1-4-26(23,24)21-18-12-9-16(10-13-18)19(22)14-11-17-7-5-6-8-20(17)25-15(2)3/h5-15,21H,4H2,1-3H3. The molecule has 0 bridgehead atoms. The molecular formula is C20H23NO4S. The van der Waals surface area contributed by atoms with Crippen molar-refractivity contribution >= 4 is 27.6 Å². The van der Waals surface area contributed by atoms with Crippen LogP contribution < -0.4 is 9.46 Å². The maximum absolute atomic E-state index is 12.3. The van der Waals surface area contributed by atoms with E-state index in [4.69, 9.17) is 4.74 Å². The Kier molecular flexibility index (Phi) is 6.58. The molecule has 0 heterocycles. The van der Waals surface area contributed by atoms with Crippen molar-refractivity contribution in [2.45, 2.75) is 26.9 Å². The number of para-hydroxylation sites is 1. The molecule has 0 saturated heterocycles. The summed E-state index contributed by atoms with van der Waals surface area (Å²) in [6.07, 6.45) is 3.24. The van der Waals surface area contributed by atoms with Crippen LogP contribution >= 0.6 is 0 Å². The largest absolute Gasteiger partial charge is 0.490 e. The second-order valence-corrected chi connectivity index (χ2v) is 8.00. The van der Waals surface area contributed by atoms with Gasteiger partial charge < -0.3 is 4.74 Å². The molecule has 26 heavy (non-hydrogen) atoms. The zero-order chi connectivity index (χ0) is 19.2. The fraction of sp³-hybridized carbons (Fsp3) is 0.250. The van der Waals surface area contributed by atoms with Crippen molar-refractivity contribution in [1.82, 2.24) is 0 Å². The van der Waals surface area contributed by atoms with E-state index in [-0.39, 0.29) is 17.6 Å². The SMILES string of the molecule is CCS(=O)(=O)Nc1ccc(C(=O)C=Cc2ccccc2OC(C)C)cc1. The summed E-state index contributed by atoms with van der Waals surface area (Å²) in [5.74, 6) is 0.541. The van der Waals surface area contributed by atoms with Gasteiger partial charge in [0.1, 0.15) is 5.75 Å². The van der Waals surface area contributed by atoms with Gasteiger partial charge in [0.2, 0.25) is 10.0 Å². The molecule has 0 aromatic heterocycles. The number of rotatable bonds is 8. The quantitative estimate of drug-likeness (QED) is 0.558. The molecule has 6 heteroatoms. The van der Waals surface area contributed by atoms with Crippen molar-refractivity contribution < 1.29 is 17.9 Å². The molecule has 0 spiro atoms. The number of ketones is 1. The molecule has 0 unspecified atom stereocenters. The lowest BCUT2D eigenvalue weighted by Gasteiger charge is -2.11. The van der Waals surface area contributed by atoms with Crippen LogP contribution in [-0.2, 0) is 10.0 Å². The molecule has 2 aromatic carbocycles. The highest BCUT2D eigenvalue weighted by Gasteiger charge is 2.08. The summed E-state index contributed by atoms with van der Waals surface area (Å²) < 4.78 is 31.3. The van der Waals surface area contributed by atoms with Crippen LogP contribution in [0.1, 0.15) is 36.7 Å². The van der Waals surface area contributed by atoms with Gasteiger partial charge in [-0.2, -0.15) is 0 Å². The average Bonchev–Trinajstić information content (AvgIpc) is 2.60. The average molecular weight is 373 g/mol. The molecule has 0 fully saturated rings. The number of benzene rings is 2. The lowest BCUT2D eigenvalue weighted by atomic mass is 10.1.